The molecule has 0 radical (unpaired) electrons. The first-order chi connectivity index (χ1) is 9.53. The van der Waals surface area contributed by atoms with Crippen molar-refractivity contribution in [2.45, 2.75) is 19.8 Å². The molecule has 0 aliphatic heterocycles. The molecule has 110 valence electrons. The van der Waals surface area contributed by atoms with Crippen LogP contribution in [-0.2, 0) is 4.79 Å². The van der Waals surface area contributed by atoms with Crippen LogP contribution in [0.15, 0.2) is 18.2 Å². The fourth-order valence-corrected chi connectivity index (χ4v) is 1.81. The number of amides is 1. The monoisotopic (exact) mass is 279 g/mol. The van der Waals surface area contributed by atoms with Gasteiger partial charge >= 0.3 is 0 Å². The molecule has 1 rings (SSSR count). The number of carbonyl (C=O) groups is 2. The molecular formula is C15H21NO4. The number of carbonyl (C=O) groups excluding carboxylic acids is 2. The topological polar surface area (TPSA) is 55.8 Å². The molecule has 0 aromatic heterocycles. The van der Waals surface area contributed by atoms with Crippen molar-refractivity contribution in [1.82, 2.24) is 4.90 Å². The Hall–Kier alpha value is -2.04. The van der Waals surface area contributed by atoms with Crippen molar-refractivity contribution in [2.24, 2.45) is 0 Å². The number of hydrogen-bond acceptors (Lipinski definition) is 4. The Balaban J connectivity index is 2.80. The van der Waals surface area contributed by atoms with Gasteiger partial charge in [0.2, 0.25) is 5.91 Å². The van der Waals surface area contributed by atoms with Gasteiger partial charge in [-0.25, -0.2) is 0 Å². The molecule has 1 amide bonds. The van der Waals surface area contributed by atoms with Crippen LogP contribution in [0.25, 0.3) is 0 Å². The molecule has 20 heavy (non-hydrogen) atoms. The van der Waals surface area contributed by atoms with Crippen LogP contribution >= 0.6 is 0 Å². The smallest absolute Gasteiger partial charge is 0.222 e. The molecule has 1 aromatic rings. The van der Waals surface area contributed by atoms with Crippen LogP contribution in [0.5, 0.6) is 11.5 Å². The highest BCUT2D eigenvalue weighted by molar-refractivity contribution is 5.99. The van der Waals surface area contributed by atoms with Crippen molar-refractivity contribution in [3.05, 3.63) is 23.8 Å². The van der Waals surface area contributed by atoms with Gasteiger partial charge in [0.1, 0.15) is 0 Å². The fourth-order valence-electron chi connectivity index (χ4n) is 1.81. The third-order valence-corrected chi connectivity index (χ3v) is 2.98. The Kier molecular flexibility index (Phi) is 6.03. The lowest BCUT2D eigenvalue weighted by molar-refractivity contribution is -0.129. The first-order valence-corrected chi connectivity index (χ1v) is 6.52. The van der Waals surface area contributed by atoms with Gasteiger partial charge in [-0.2, -0.15) is 0 Å². The molecule has 0 aliphatic carbocycles. The Labute approximate surface area is 119 Å². The molecule has 0 unspecified atom stereocenters. The Morgan fingerprint density at radius 3 is 2.35 bits per heavy atom. The van der Waals surface area contributed by atoms with Gasteiger partial charge in [0.15, 0.2) is 17.3 Å². The van der Waals surface area contributed by atoms with Crippen molar-refractivity contribution in [3.8, 4) is 11.5 Å². The SMILES string of the molecule is CCCC(=O)N(C)CC(=O)c1ccc(OC)c(OC)c1. The number of Topliss-reactive ketones (excluding diaryl/α,β-unsaturated/α-hetero) is 1. The molecule has 1 aromatic carbocycles. The van der Waals surface area contributed by atoms with E-state index >= 15 is 0 Å². The minimum Gasteiger partial charge on any atom is -0.493 e. The molecule has 0 saturated heterocycles. The molecule has 0 spiro atoms. The molecular weight excluding hydrogens is 258 g/mol. The average molecular weight is 279 g/mol. The summed E-state index contributed by atoms with van der Waals surface area (Å²) >= 11 is 0. The molecule has 5 nitrogen and oxygen atoms in total. The van der Waals surface area contributed by atoms with Crippen LogP contribution in [0.1, 0.15) is 30.1 Å². The van der Waals surface area contributed by atoms with Gasteiger partial charge in [0.05, 0.1) is 20.8 Å². The Morgan fingerprint density at radius 2 is 1.80 bits per heavy atom. The summed E-state index contributed by atoms with van der Waals surface area (Å²) < 4.78 is 10.3. The molecule has 0 aliphatic rings. The molecule has 0 bridgehead atoms. The number of likely N-dealkylation sites (N-methyl/N-ethyl adjacent to an activating group) is 1. The van der Waals surface area contributed by atoms with Gasteiger partial charge in [-0.3, -0.25) is 9.59 Å². The van der Waals surface area contributed by atoms with E-state index in [1.54, 1.807) is 25.2 Å². The number of benzene rings is 1. The average Bonchev–Trinajstić information content (AvgIpc) is 2.46. The standard InChI is InChI=1S/C15H21NO4/c1-5-6-15(18)16(2)10-12(17)11-7-8-13(19-3)14(9-11)20-4/h7-9H,5-6,10H2,1-4H3. The third-order valence-electron chi connectivity index (χ3n) is 2.98. The first kappa shape index (κ1) is 16.0. The Morgan fingerprint density at radius 1 is 1.15 bits per heavy atom. The van der Waals surface area contributed by atoms with Crippen LogP contribution in [0, 0.1) is 0 Å². The number of hydrogen-bond donors (Lipinski definition) is 0. The van der Waals surface area contributed by atoms with E-state index in [1.165, 1.54) is 19.1 Å². The van der Waals surface area contributed by atoms with Crippen LogP contribution in [0.2, 0.25) is 0 Å². The molecule has 0 N–H and O–H groups in total. The number of ether oxygens (including phenoxy) is 2. The minimum atomic E-state index is -0.127. The summed E-state index contributed by atoms with van der Waals surface area (Å²) in [5.41, 5.74) is 0.499. The van der Waals surface area contributed by atoms with Gasteiger partial charge in [0.25, 0.3) is 0 Å². The van der Waals surface area contributed by atoms with E-state index in [0.29, 0.717) is 23.5 Å². The van der Waals surface area contributed by atoms with Crippen molar-refractivity contribution >= 4 is 11.7 Å². The highest BCUT2D eigenvalue weighted by Gasteiger charge is 2.15. The summed E-state index contributed by atoms with van der Waals surface area (Å²) in [6, 6.07) is 4.97. The second kappa shape index (κ2) is 7.53. The molecule has 0 atom stereocenters. The van der Waals surface area contributed by atoms with Crippen molar-refractivity contribution in [1.29, 1.82) is 0 Å². The van der Waals surface area contributed by atoms with Gasteiger partial charge in [-0.05, 0) is 24.6 Å². The number of methoxy groups -OCH3 is 2. The van der Waals surface area contributed by atoms with Crippen LogP contribution in [0.3, 0.4) is 0 Å². The summed E-state index contributed by atoms with van der Waals surface area (Å²) in [4.78, 5) is 25.3. The van der Waals surface area contributed by atoms with E-state index in [4.69, 9.17) is 9.47 Å². The number of ketones is 1. The zero-order valence-corrected chi connectivity index (χ0v) is 12.4. The summed E-state index contributed by atoms with van der Waals surface area (Å²) in [5.74, 6) is 0.916. The first-order valence-electron chi connectivity index (χ1n) is 6.52. The summed E-state index contributed by atoms with van der Waals surface area (Å²) in [6.45, 7) is 2.00. The van der Waals surface area contributed by atoms with E-state index in [0.717, 1.165) is 6.42 Å². The van der Waals surface area contributed by atoms with Gasteiger partial charge < -0.3 is 14.4 Å². The summed E-state index contributed by atoms with van der Waals surface area (Å²) in [7, 11) is 4.69. The fraction of sp³-hybridized carbons (Fsp3) is 0.467. The maximum Gasteiger partial charge on any atom is 0.222 e. The highest BCUT2D eigenvalue weighted by atomic mass is 16.5. The van der Waals surface area contributed by atoms with Crippen LogP contribution in [-0.4, -0.2) is 44.4 Å². The minimum absolute atomic E-state index is 0.0265. The second-order valence-electron chi connectivity index (χ2n) is 4.49. The lowest BCUT2D eigenvalue weighted by Gasteiger charge is -2.16. The van der Waals surface area contributed by atoms with Crippen molar-refractivity contribution < 1.29 is 19.1 Å². The lowest BCUT2D eigenvalue weighted by Crippen LogP contribution is -2.31. The predicted molar refractivity (Wildman–Crippen MR) is 76.4 cm³/mol. The number of rotatable bonds is 7. The molecule has 0 heterocycles. The zero-order valence-electron chi connectivity index (χ0n) is 12.4. The van der Waals surface area contributed by atoms with E-state index in [9.17, 15) is 9.59 Å². The van der Waals surface area contributed by atoms with Crippen LogP contribution < -0.4 is 9.47 Å². The van der Waals surface area contributed by atoms with Gasteiger partial charge in [0, 0.05) is 19.0 Å². The van der Waals surface area contributed by atoms with E-state index in [-0.39, 0.29) is 18.2 Å². The predicted octanol–water partition coefficient (Wildman–Crippen LogP) is 2.15. The summed E-state index contributed by atoms with van der Waals surface area (Å²) in [6.07, 6.45) is 1.23. The van der Waals surface area contributed by atoms with E-state index < -0.39 is 0 Å². The largest absolute Gasteiger partial charge is 0.493 e. The zero-order chi connectivity index (χ0) is 15.1. The molecule has 5 heteroatoms. The lowest BCUT2D eigenvalue weighted by atomic mass is 10.1. The van der Waals surface area contributed by atoms with Gasteiger partial charge in [-0.1, -0.05) is 6.92 Å². The van der Waals surface area contributed by atoms with Crippen molar-refractivity contribution in [3.63, 3.8) is 0 Å². The number of nitrogens with zero attached hydrogens (tertiary/aromatic N) is 1. The van der Waals surface area contributed by atoms with Crippen molar-refractivity contribution in [2.75, 3.05) is 27.8 Å². The maximum absolute atomic E-state index is 12.1. The normalized spacial score (nSPS) is 10.0. The quantitative estimate of drug-likeness (QED) is 0.718. The van der Waals surface area contributed by atoms with Gasteiger partial charge in [-0.15, -0.1) is 0 Å². The highest BCUT2D eigenvalue weighted by Crippen LogP contribution is 2.27. The van der Waals surface area contributed by atoms with E-state index in [1.807, 2.05) is 6.92 Å². The van der Waals surface area contributed by atoms with Crippen LogP contribution in [0.4, 0.5) is 0 Å². The maximum atomic E-state index is 12.1. The van der Waals surface area contributed by atoms with E-state index in [2.05, 4.69) is 0 Å². The molecule has 0 saturated carbocycles. The summed E-state index contributed by atoms with van der Waals surface area (Å²) in [5, 5.41) is 0. The third kappa shape index (κ3) is 3.98. The molecule has 0 fully saturated rings. The second-order valence-corrected chi connectivity index (χ2v) is 4.49. The Bertz CT molecular complexity index is 485.